The highest BCUT2D eigenvalue weighted by Gasteiger charge is 2.14. The van der Waals surface area contributed by atoms with Crippen molar-refractivity contribution in [1.82, 2.24) is 4.98 Å². The van der Waals surface area contributed by atoms with Crippen LogP contribution >= 0.6 is 0 Å². The van der Waals surface area contributed by atoms with Crippen LogP contribution in [0, 0.1) is 0 Å². The molecule has 0 unspecified atom stereocenters. The highest BCUT2D eigenvalue weighted by molar-refractivity contribution is 5.95. The molecule has 0 aliphatic rings. The third-order valence-electron chi connectivity index (χ3n) is 3.84. The quantitative estimate of drug-likeness (QED) is 0.419. The Balaban J connectivity index is 2.59. The van der Waals surface area contributed by atoms with Gasteiger partial charge in [0, 0.05) is 18.2 Å². The number of methoxy groups -OCH3 is 2. The van der Waals surface area contributed by atoms with E-state index in [-0.39, 0.29) is 5.92 Å². The summed E-state index contributed by atoms with van der Waals surface area (Å²) in [6.07, 6.45) is 1.61. The van der Waals surface area contributed by atoms with Crippen LogP contribution in [0.1, 0.15) is 32.4 Å². The smallest absolute Gasteiger partial charge is 0.161 e. The van der Waals surface area contributed by atoms with Crippen molar-refractivity contribution in [2.75, 3.05) is 27.4 Å². The van der Waals surface area contributed by atoms with Gasteiger partial charge in [0.15, 0.2) is 17.3 Å². The SMILES string of the molecule is COCCOc1cc2c(C(C)C)nc(/N=C(N)\C=C(\C)N)cc2cc1OC. The van der Waals surface area contributed by atoms with Crippen molar-refractivity contribution < 1.29 is 14.2 Å². The molecule has 0 amide bonds. The van der Waals surface area contributed by atoms with Gasteiger partial charge in [0.2, 0.25) is 0 Å². The van der Waals surface area contributed by atoms with Gasteiger partial charge in [-0.15, -0.1) is 0 Å². The Bertz CT molecular complexity index is 856. The number of fused-ring (bicyclic) bond motifs is 1. The average molecular weight is 372 g/mol. The first-order valence-corrected chi connectivity index (χ1v) is 8.78. The van der Waals surface area contributed by atoms with Crippen LogP contribution in [0.25, 0.3) is 10.8 Å². The van der Waals surface area contributed by atoms with E-state index in [0.717, 1.165) is 16.5 Å². The average Bonchev–Trinajstić information content (AvgIpc) is 2.59. The van der Waals surface area contributed by atoms with Gasteiger partial charge in [-0.3, -0.25) is 0 Å². The van der Waals surface area contributed by atoms with E-state index in [2.05, 4.69) is 23.8 Å². The van der Waals surface area contributed by atoms with Gasteiger partial charge in [-0.05, 0) is 42.5 Å². The normalized spacial score (nSPS) is 12.7. The minimum Gasteiger partial charge on any atom is -0.493 e. The second kappa shape index (κ2) is 9.23. The fourth-order valence-electron chi connectivity index (χ4n) is 2.67. The number of aromatic nitrogens is 1. The largest absolute Gasteiger partial charge is 0.493 e. The maximum Gasteiger partial charge on any atom is 0.161 e. The van der Waals surface area contributed by atoms with Crippen molar-refractivity contribution in [1.29, 1.82) is 0 Å². The number of hydrogen-bond acceptors (Lipinski definition) is 6. The van der Waals surface area contributed by atoms with Crippen molar-refractivity contribution in [3.8, 4) is 11.5 Å². The van der Waals surface area contributed by atoms with Gasteiger partial charge in [-0.2, -0.15) is 0 Å². The number of nitrogens with zero attached hydrogens (tertiary/aromatic N) is 2. The first-order valence-electron chi connectivity index (χ1n) is 8.78. The number of nitrogens with two attached hydrogens (primary N) is 2. The Labute approximate surface area is 160 Å². The van der Waals surface area contributed by atoms with E-state index in [1.807, 2.05) is 18.2 Å². The third-order valence-corrected chi connectivity index (χ3v) is 3.84. The molecule has 0 aliphatic heterocycles. The first kappa shape index (κ1) is 20.5. The second-order valence-corrected chi connectivity index (χ2v) is 6.51. The molecule has 0 saturated carbocycles. The van der Waals surface area contributed by atoms with Crippen LogP contribution in [0.4, 0.5) is 5.82 Å². The third kappa shape index (κ3) is 5.34. The Kier molecular flexibility index (Phi) is 7.01. The molecule has 2 aromatic rings. The molecule has 1 aromatic carbocycles. The summed E-state index contributed by atoms with van der Waals surface area (Å²) in [5.74, 6) is 2.32. The summed E-state index contributed by atoms with van der Waals surface area (Å²) in [5, 5.41) is 1.94. The van der Waals surface area contributed by atoms with Crippen molar-refractivity contribution in [2.45, 2.75) is 26.7 Å². The lowest BCUT2D eigenvalue weighted by atomic mass is 10.0. The van der Waals surface area contributed by atoms with Crippen LogP contribution in [-0.4, -0.2) is 38.3 Å². The minimum absolute atomic E-state index is 0.191. The number of hydrogen-bond donors (Lipinski definition) is 2. The molecule has 2 rings (SSSR count). The fourth-order valence-corrected chi connectivity index (χ4v) is 2.67. The maximum atomic E-state index is 5.92. The summed E-state index contributed by atoms with van der Waals surface area (Å²) in [5.41, 5.74) is 13.1. The van der Waals surface area contributed by atoms with Crippen molar-refractivity contribution in [2.24, 2.45) is 16.5 Å². The van der Waals surface area contributed by atoms with Crippen molar-refractivity contribution in [3.05, 3.63) is 35.7 Å². The highest BCUT2D eigenvalue weighted by atomic mass is 16.5. The molecule has 0 spiro atoms. The van der Waals surface area contributed by atoms with Gasteiger partial charge in [-0.1, -0.05) is 13.8 Å². The number of benzene rings is 1. The molecule has 0 radical (unpaired) electrons. The Morgan fingerprint density at radius 2 is 1.89 bits per heavy atom. The molecule has 1 aromatic heterocycles. The molecule has 0 aliphatic carbocycles. The molecule has 146 valence electrons. The predicted octanol–water partition coefficient (Wildman–Crippen LogP) is 3.24. The summed E-state index contributed by atoms with van der Waals surface area (Å²) in [7, 11) is 3.25. The second-order valence-electron chi connectivity index (χ2n) is 6.51. The van der Waals surface area contributed by atoms with Gasteiger partial charge in [0.1, 0.15) is 12.4 Å². The summed E-state index contributed by atoms with van der Waals surface area (Å²) in [6, 6.07) is 5.74. The van der Waals surface area contributed by atoms with E-state index >= 15 is 0 Å². The Morgan fingerprint density at radius 1 is 1.15 bits per heavy atom. The van der Waals surface area contributed by atoms with Crippen LogP contribution in [0.2, 0.25) is 0 Å². The lowest BCUT2D eigenvalue weighted by molar-refractivity contribution is 0.144. The van der Waals surface area contributed by atoms with Crippen LogP contribution in [0.5, 0.6) is 11.5 Å². The van der Waals surface area contributed by atoms with Gasteiger partial charge < -0.3 is 25.7 Å². The molecule has 0 bridgehead atoms. The zero-order valence-electron chi connectivity index (χ0n) is 16.6. The van der Waals surface area contributed by atoms with Crippen LogP contribution < -0.4 is 20.9 Å². The van der Waals surface area contributed by atoms with Gasteiger partial charge in [-0.25, -0.2) is 9.98 Å². The number of ether oxygens (including phenoxy) is 3. The summed E-state index contributed by atoms with van der Waals surface area (Å²) in [6.45, 7) is 6.85. The molecular weight excluding hydrogens is 344 g/mol. The number of amidine groups is 1. The van der Waals surface area contributed by atoms with Crippen molar-refractivity contribution >= 4 is 22.4 Å². The summed E-state index contributed by atoms with van der Waals surface area (Å²) < 4.78 is 16.3. The van der Waals surface area contributed by atoms with Gasteiger partial charge in [0.05, 0.1) is 19.4 Å². The number of aliphatic imine (C=N–C) groups is 1. The molecule has 4 N–H and O–H groups in total. The molecule has 0 fully saturated rings. The van der Waals surface area contributed by atoms with E-state index in [1.165, 1.54) is 0 Å². The summed E-state index contributed by atoms with van der Waals surface area (Å²) in [4.78, 5) is 9.05. The van der Waals surface area contributed by atoms with Crippen LogP contribution in [-0.2, 0) is 4.74 Å². The zero-order valence-corrected chi connectivity index (χ0v) is 16.6. The van der Waals surface area contributed by atoms with E-state index in [4.69, 9.17) is 25.7 Å². The molecule has 7 heteroatoms. The lowest BCUT2D eigenvalue weighted by Crippen LogP contribution is -2.10. The van der Waals surface area contributed by atoms with E-state index in [1.54, 1.807) is 27.2 Å². The molecule has 1 heterocycles. The van der Waals surface area contributed by atoms with E-state index in [9.17, 15) is 0 Å². The molecule has 0 atom stereocenters. The number of allylic oxidation sites excluding steroid dienone is 1. The number of rotatable bonds is 8. The Morgan fingerprint density at radius 3 is 2.48 bits per heavy atom. The lowest BCUT2D eigenvalue weighted by Gasteiger charge is -2.15. The monoisotopic (exact) mass is 372 g/mol. The van der Waals surface area contributed by atoms with Crippen LogP contribution in [0.3, 0.4) is 0 Å². The van der Waals surface area contributed by atoms with Crippen molar-refractivity contribution in [3.63, 3.8) is 0 Å². The minimum atomic E-state index is 0.191. The van der Waals surface area contributed by atoms with Gasteiger partial charge >= 0.3 is 0 Å². The molecule has 27 heavy (non-hydrogen) atoms. The molecule has 0 saturated heterocycles. The Hall–Kier alpha value is -2.80. The first-order chi connectivity index (χ1) is 12.8. The topological polar surface area (TPSA) is 105 Å². The van der Waals surface area contributed by atoms with E-state index in [0.29, 0.717) is 42.1 Å². The van der Waals surface area contributed by atoms with Crippen LogP contribution in [0.15, 0.2) is 35.0 Å². The zero-order chi connectivity index (χ0) is 20.0. The molecule has 7 nitrogen and oxygen atoms in total. The number of pyridine rings is 1. The maximum absolute atomic E-state index is 5.92. The standard InChI is InChI=1S/C20H28N4O3/c1-12(2)20-15-11-17(27-7-6-25-4)16(26-5)9-14(15)10-19(24-20)23-18(22)8-13(3)21/h8-12H,6-7,21H2,1-5H3,(H2,22,23,24)/b13-8-. The van der Waals surface area contributed by atoms with E-state index < -0.39 is 0 Å². The highest BCUT2D eigenvalue weighted by Crippen LogP contribution is 2.36. The summed E-state index contributed by atoms with van der Waals surface area (Å²) >= 11 is 0. The van der Waals surface area contributed by atoms with Gasteiger partial charge in [0.25, 0.3) is 0 Å². The fraction of sp³-hybridized carbons (Fsp3) is 0.400. The molecular formula is C20H28N4O3. The predicted molar refractivity (Wildman–Crippen MR) is 109 cm³/mol.